The van der Waals surface area contributed by atoms with E-state index in [1.54, 1.807) is 0 Å². The second kappa shape index (κ2) is 5.02. The van der Waals surface area contributed by atoms with Crippen molar-refractivity contribution in [3.05, 3.63) is 23.5 Å². The maximum atomic E-state index is 9.01. The van der Waals surface area contributed by atoms with Crippen LogP contribution in [0, 0.1) is 0 Å². The molecule has 0 amide bonds. The molecule has 1 N–H and O–H groups in total. The highest BCUT2D eigenvalue weighted by Crippen LogP contribution is 2.27. The fourth-order valence-electron chi connectivity index (χ4n) is 1.76. The van der Waals surface area contributed by atoms with Gasteiger partial charge >= 0.3 is 0 Å². The Labute approximate surface area is 74.8 Å². The molecule has 12 heavy (non-hydrogen) atoms. The van der Waals surface area contributed by atoms with Gasteiger partial charge in [-0.15, -0.1) is 0 Å². The molecule has 1 rings (SSSR count). The molecule has 1 aliphatic rings. The zero-order chi connectivity index (χ0) is 8.81. The average molecular weight is 166 g/mol. The zero-order valence-electron chi connectivity index (χ0n) is 7.84. The van der Waals surface area contributed by atoms with Crippen molar-refractivity contribution < 1.29 is 5.11 Å². The van der Waals surface area contributed by atoms with E-state index >= 15 is 0 Å². The molecule has 0 aromatic carbocycles. The normalized spacial score (nSPS) is 26.1. The summed E-state index contributed by atoms with van der Waals surface area (Å²) in [4.78, 5) is 0. The fourth-order valence-corrected chi connectivity index (χ4v) is 1.76. The molecule has 1 heteroatoms. The zero-order valence-corrected chi connectivity index (χ0v) is 7.84. The van der Waals surface area contributed by atoms with Crippen LogP contribution in [0.2, 0.25) is 0 Å². The minimum Gasteiger partial charge on any atom is -0.515 e. The summed E-state index contributed by atoms with van der Waals surface area (Å²) in [5, 5.41) is 9.01. The van der Waals surface area contributed by atoms with Crippen LogP contribution < -0.4 is 0 Å². The predicted octanol–water partition coefficient (Wildman–Crippen LogP) is 3.73. The predicted molar refractivity (Wildman–Crippen MR) is 52.2 cm³/mol. The lowest BCUT2D eigenvalue weighted by atomic mass is 10.0. The Morgan fingerprint density at radius 3 is 2.42 bits per heavy atom. The van der Waals surface area contributed by atoms with E-state index in [0.29, 0.717) is 0 Å². The molecule has 0 radical (unpaired) electrons. The van der Waals surface area contributed by atoms with Crippen molar-refractivity contribution >= 4 is 0 Å². The van der Waals surface area contributed by atoms with Crippen molar-refractivity contribution in [3.63, 3.8) is 0 Å². The second-order valence-electron chi connectivity index (χ2n) is 3.35. The van der Waals surface area contributed by atoms with Crippen LogP contribution in [0.25, 0.3) is 0 Å². The van der Waals surface area contributed by atoms with Gasteiger partial charge < -0.3 is 5.11 Å². The Kier molecular flexibility index (Phi) is 3.92. The van der Waals surface area contributed by atoms with E-state index in [1.807, 2.05) is 0 Å². The van der Waals surface area contributed by atoms with Crippen molar-refractivity contribution in [2.24, 2.45) is 0 Å². The quantitative estimate of drug-likeness (QED) is 0.465. The van der Waals surface area contributed by atoms with E-state index in [2.05, 4.69) is 13.0 Å². The lowest BCUT2D eigenvalue weighted by molar-refractivity contribution is 0.465. The van der Waals surface area contributed by atoms with Gasteiger partial charge in [-0.2, -0.15) is 0 Å². The monoisotopic (exact) mass is 166 g/mol. The highest BCUT2D eigenvalue weighted by molar-refractivity contribution is 5.30. The lowest BCUT2D eigenvalue weighted by Gasteiger charge is -2.05. The third kappa shape index (κ3) is 2.40. The molecule has 0 aliphatic heterocycles. The van der Waals surface area contributed by atoms with Gasteiger partial charge in [-0.25, -0.2) is 0 Å². The van der Waals surface area contributed by atoms with Crippen molar-refractivity contribution in [3.8, 4) is 0 Å². The van der Waals surface area contributed by atoms with Crippen LogP contribution in [0.5, 0.6) is 0 Å². The molecule has 1 nitrogen and oxygen atoms in total. The van der Waals surface area contributed by atoms with Crippen molar-refractivity contribution in [1.29, 1.82) is 0 Å². The number of aliphatic hydroxyl groups excluding tert-OH is 1. The Bertz CT molecular complexity index is 189. The number of allylic oxidation sites excluding steroid dienone is 3. The Balaban J connectivity index is 2.71. The van der Waals surface area contributed by atoms with E-state index in [4.69, 9.17) is 5.11 Å². The lowest BCUT2D eigenvalue weighted by Crippen LogP contribution is -1.87. The first-order valence-corrected chi connectivity index (χ1v) is 4.91. The highest BCUT2D eigenvalue weighted by atomic mass is 16.2. The van der Waals surface area contributed by atoms with Gasteiger partial charge in [0.15, 0.2) is 0 Å². The number of rotatable bonds is 1. The third-order valence-corrected chi connectivity index (χ3v) is 2.41. The van der Waals surface area contributed by atoms with Crippen LogP contribution >= 0.6 is 0 Å². The van der Waals surface area contributed by atoms with Crippen LogP contribution in [0.3, 0.4) is 0 Å². The number of aliphatic hydroxyl groups is 1. The summed E-state index contributed by atoms with van der Waals surface area (Å²) in [6.45, 7) is 2.15. The minimum atomic E-state index is 1.06. The molecule has 0 bridgehead atoms. The molecular weight excluding hydrogens is 148 g/mol. The third-order valence-electron chi connectivity index (χ3n) is 2.41. The topological polar surface area (TPSA) is 20.2 Å². The van der Waals surface area contributed by atoms with E-state index in [0.717, 1.165) is 24.8 Å². The maximum Gasteiger partial charge on any atom is 0.0826 e. The number of hydrogen-bond acceptors (Lipinski definition) is 1. The van der Waals surface area contributed by atoms with Gasteiger partial charge in [0.05, 0.1) is 6.26 Å². The molecule has 0 aromatic heterocycles. The number of hydrogen-bond donors (Lipinski definition) is 1. The minimum absolute atomic E-state index is 1.06. The molecule has 1 aliphatic carbocycles. The molecule has 0 heterocycles. The first-order chi connectivity index (χ1) is 5.88. The van der Waals surface area contributed by atoms with Crippen molar-refractivity contribution in [2.75, 3.05) is 0 Å². The average Bonchev–Trinajstić information content (AvgIpc) is 2.30. The van der Waals surface area contributed by atoms with Gasteiger partial charge in [0, 0.05) is 0 Å². The van der Waals surface area contributed by atoms with E-state index in [-0.39, 0.29) is 0 Å². The summed E-state index contributed by atoms with van der Waals surface area (Å²) >= 11 is 0. The maximum absolute atomic E-state index is 9.01. The molecule has 1 saturated carbocycles. The van der Waals surface area contributed by atoms with E-state index in [9.17, 15) is 0 Å². The van der Waals surface area contributed by atoms with Crippen LogP contribution in [-0.2, 0) is 0 Å². The van der Waals surface area contributed by atoms with Gasteiger partial charge in [-0.05, 0) is 43.3 Å². The molecule has 0 atom stereocenters. The standard InChI is InChI=1S/C11H18O/c1-2-6-10-7-4-3-5-8-11(10)9-12/h6,9,12H,2-5,7-8H2,1H3/b10-6-,11-9-. The molecular formula is C11H18O. The molecule has 1 fully saturated rings. The SMILES string of the molecule is CC/C=C1/CCCCC/C1=C/O. The molecule has 0 unspecified atom stereocenters. The van der Waals surface area contributed by atoms with Crippen LogP contribution in [0.1, 0.15) is 45.4 Å². The largest absolute Gasteiger partial charge is 0.515 e. The Hall–Kier alpha value is -0.720. The summed E-state index contributed by atoms with van der Waals surface area (Å²) in [6.07, 6.45) is 10.6. The smallest absolute Gasteiger partial charge is 0.0826 e. The van der Waals surface area contributed by atoms with E-state index < -0.39 is 0 Å². The summed E-state index contributed by atoms with van der Waals surface area (Å²) < 4.78 is 0. The molecule has 0 saturated heterocycles. The van der Waals surface area contributed by atoms with Gasteiger partial charge in [0.2, 0.25) is 0 Å². The van der Waals surface area contributed by atoms with Gasteiger partial charge in [0.25, 0.3) is 0 Å². The van der Waals surface area contributed by atoms with Gasteiger partial charge in [-0.3, -0.25) is 0 Å². The van der Waals surface area contributed by atoms with Crippen LogP contribution in [0.4, 0.5) is 0 Å². The molecule has 0 spiro atoms. The van der Waals surface area contributed by atoms with E-state index in [1.165, 1.54) is 31.1 Å². The van der Waals surface area contributed by atoms with Gasteiger partial charge in [0.1, 0.15) is 0 Å². The first-order valence-electron chi connectivity index (χ1n) is 4.91. The van der Waals surface area contributed by atoms with Crippen molar-refractivity contribution in [1.82, 2.24) is 0 Å². The molecule has 68 valence electrons. The second-order valence-corrected chi connectivity index (χ2v) is 3.35. The summed E-state index contributed by atoms with van der Waals surface area (Å²) in [5.74, 6) is 0. The first kappa shape index (κ1) is 9.37. The van der Waals surface area contributed by atoms with Crippen LogP contribution in [0.15, 0.2) is 23.5 Å². The summed E-state index contributed by atoms with van der Waals surface area (Å²) in [6, 6.07) is 0. The highest BCUT2D eigenvalue weighted by Gasteiger charge is 2.09. The Morgan fingerprint density at radius 1 is 1.17 bits per heavy atom. The molecule has 0 aromatic rings. The van der Waals surface area contributed by atoms with Crippen molar-refractivity contribution in [2.45, 2.75) is 45.4 Å². The fraction of sp³-hybridized carbons (Fsp3) is 0.636. The summed E-state index contributed by atoms with van der Waals surface area (Å²) in [5.41, 5.74) is 2.53. The van der Waals surface area contributed by atoms with Gasteiger partial charge in [-0.1, -0.05) is 19.4 Å². The van der Waals surface area contributed by atoms with Crippen LogP contribution in [-0.4, -0.2) is 5.11 Å². The summed E-state index contributed by atoms with van der Waals surface area (Å²) in [7, 11) is 0. The Morgan fingerprint density at radius 2 is 1.83 bits per heavy atom.